The second-order valence-electron chi connectivity index (χ2n) is 7.24. The molecule has 4 N–H and O–H groups in total. The Morgan fingerprint density at radius 2 is 1.75 bits per heavy atom. The van der Waals surface area contributed by atoms with Crippen molar-refractivity contribution in [3.05, 3.63) is 0 Å². The predicted octanol–water partition coefficient (Wildman–Crippen LogP) is 2.40. The summed E-state index contributed by atoms with van der Waals surface area (Å²) in [6, 6.07) is 0. The van der Waals surface area contributed by atoms with E-state index in [0.29, 0.717) is 6.42 Å². The van der Waals surface area contributed by atoms with Gasteiger partial charge < -0.3 is 20.4 Å². The van der Waals surface area contributed by atoms with E-state index in [-0.39, 0.29) is 11.0 Å². The Balaban J connectivity index is 4.71. The van der Waals surface area contributed by atoms with Crippen LogP contribution in [0, 0.1) is 11.8 Å². The average molecular weight is 305 g/mol. The van der Waals surface area contributed by atoms with Crippen LogP contribution in [0.2, 0.25) is 18.1 Å². The molecule has 120 valence electrons. The summed E-state index contributed by atoms with van der Waals surface area (Å²) < 4.78 is 6.07. The molecule has 0 aliphatic carbocycles. The molecule has 0 rings (SSSR count). The van der Waals surface area contributed by atoms with E-state index in [4.69, 9.17) is 15.3 Å². The Morgan fingerprint density at radius 1 is 1.30 bits per heavy atom. The van der Waals surface area contributed by atoms with Crippen LogP contribution in [0.4, 0.5) is 0 Å². The highest BCUT2D eigenvalue weighted by molar-refractivity contribution is 6.74. The predicted molar refractivity (Wildman–Crippen MR) is 82.8 cm³/mol. The molecule has 0 aromatic heterocycles. The lowest BCUT2D eigenvalue weighted by Gasteiger charge is -2.40. The molecule has 0 fully saturated rings. The van der Waals surface area contributed by atoms with Crippen molar-refractivity contribution in [1.82, 2.24) is 0 Å². The molecule has 20 heavy (non-hydrogen) atoms. The van der Waals surface area contributed by atoms with E-state index in [1.54, 1.807) is 0 Å². The Labute approximate surface area is 123 Å². The first-order valence-electron chi connectivity index (χ1n) is 7.14. The monoisotopic (exact) mass is 305 g/mol. The molecular formula is C14H31NO4Si. The minimum Gasteiger partial charge on any atom is -0.481 e. The number of aliphatic hydroxyl groups excluding tert-OH is 1. The quantitative estimate of drug-likeness (QED) is 0.496. The van der Waals surface area contributed by atoms with E-state index in [0.717, 1.165) is 0 Å². The van der Waals surface area contributed by atoms with Gasteiger partial charge >= 0.3 is 5.97 Å². The largest absolute Gasteiger partial charge is 0.481 e. The van der Waals surface area contributed by atoms with Gasteiger partial charge in [0, 0.05) is 0 Å². The molecule has 0 spiro atoms. The summed E-state index contributed by atoms with van der Waals surface area (Å²) >= 11 is 0. The van der Waals surface area contributed by atoms with Gasteiger partial charge in [0.15, 0.2) is 8.32 Å². The number of nitrogens with two attached hydrogens (primary N) is 1. The molecule has 0 aliphatic rings. The zero-order valence-electron chi connectivity index (χ0n) is 13.8. The Kier molecular flexibility index (Phi) is 6.87. The van der Waals surface area contributed by atoms with Crippen molar-refractivity contribution in [2.24, 2.45) is 17.6 Å². The zero-order valence-corrected chi connectivity index (χ0v) is 14.8. The second kappa shape index (κ2) is 7.02. The summed E-state index contributed by atoms with van der Waals surface area (Å²) in [5.74, 6) is -1.93. The van der Waals surface area contributed by atoms with E-state index in [1.165, 1.54) is 6.92 Å². The van der Waals surface area contributed by atoms with E-state index >= 15 is 0 Å². The molecule has 0 aromatic rings. The van der Waals surface area contributed by atoms with E-state index in [1.807, 2.05) is 6.92 Å². The summed E-state index contributed by atoms with van der Waals surface area (Å²) in [4.78, 5) is 11.1. The van der Waals surface area contributed by atoms with Gasteiger partial charge in [-0.1, -0.05) is 27.7 Å². The fourth-order valence-electron chi connectivity index (χ4n) is 1.67. The molecule has 0 saturated carbocycles. The topological polar surface area (TPSA) is 92.8 Å². The van der Waals surface area contributed by atoms with Crippen LogP contribution in [-0.2, 0) is 9.22 Å². The van der Waals surface area contributed by atoms with Gasteiger partial charge in [-0.05, 0) is 37.4 Å². The first-order valence-corrected chi connectivity index (χ1v) is 10.0. The van der Waals surface area contributed by atoms with Crippen molar-refractivity contribution in [3.8, 4) is 0 Å². The number of carboxylic acid groups (broad SMARTS) is 1. The second-order valence-corrected chi connectivity index (χ2v) is 12.0. The first kappa shape index (κ1) is 19.6. The summed E-state index contributed by atoms with van der Waals surface area (Å²) in [5.41, 5.74) is 6.09. The minimum atomic E-state index is -1.97. The number of hydrogen-bond acceptors (Lipinski definition) is 4. The summed E-state index contributed by atoms with van der Waals surface area (Å²) in [6.07, 6.45) is -1.09. The average Bonchev–Trinajstić information content (AvgIpc) is 2.21. The number of hydrogen-bond donors (Lipinski definition) is 3. The molecule has 0 bridgehead atoms. The lowest BCUT2D eigenvalue weighted by molar-refractivity contribution is -0.146. The number of aliphatic carboxylic acids is 1. The molecular weight excluding hydrogens is 274 g/mol. The van der Waals surface area contributed by atoms with Gasteiger partial charge in [-0.3, -0.25) is 4.79 Å². The summed E-state index contributed by atoms with van der Waals surface area (Å²) in [7, 11) is -1.97. The Hall–Kier alpha value is -0.433. The third-order valence-corrected chi connectivity index (χ3v) is 8.80. The van der Waals surface area contributed by atoms with Gasteiger partial charge in [0.05, 0.1) is 18.2 Å². The van der Waals surface area contributed by atoms with Gasteiger partial charge in [0.1, 0.15) is 0 Å². The van der Waals surface area contributed by atoms with Gasteiger partial charge in [-0.15, -0.1) is 0 Å². The summed E-state index contributed by atoms with van der Waals surface area (Å²) in [5, 5.41) is 18.7. The highest BCUT2D eigenvalue weighted by atomic mass is 28.4. The number of carbonyl (C=O) groups is 1. The highest BCUT2D eigenvalue weighted by Crippen LogP contribution is 2.37. The Bertz CT molecular complexity index is 326. The molecule has 0 radical (unpaired) electrons. The maximum atomic E-state index is 11.1. The minimum absolute atomic E-state index is 0.0564. The maximum Gasteiger partial charge on any atom is 0.309 e. The van der Waals surface area contributed by atoms with Crippen molar-refractivity contribution >= 4 is 14.3 Å². The van der Waals surface area contributed by atoms with Crippen LogP contribution in [0.3, 0.4) is 0 Å². The van der Waals surface area contributed by atoms with E-state index < -0.39 is 32.5 Å². The molecule has 0 saturated heterocycles. The summed E-state index contributed by atoms with van der Waals surface area (Å²) in [6.45, 7) is 14.0. The third kappa shape index (κ3) is 5.52. The van der Waals surface area contributed by atoms with E-state index in [2.05, 4.69) is 33.9 Å². The SMILES string of the molecule is CC(CC(C(=O)O)[C@@H](C)O)C(N)O[Si](C)(C)C(C)(C)C. The maximum absolute atomic E-state index is 11.1. The van der Waals surface area contributed by atoms with Crippen LogP contribution in [0.5, 0.6) is 0 Å². The normalized spacial score (nSPS) is 19.2. The molecule has 0 aliphatic heterocycles. The van der Waals surface area contributed by atoms with E-state index in [9.17, 15) is 9.90 Å². The number of aliphatic hydroxyl groups is 1. The molecule has 4 atom stereocenters. The fourth-order valence-corrected chi connectivity index (χ4v) is 2.94. The fraction of sp³-hybridized carbons (Fsp3) is 0.929. The van der Waals surface area contributed by atoms with Crippen LogP contribution >= 0.6 is 0 Å². The van der Waals surface area contributed by atoms with Crippen LogP contribution in [0.1, 0.15) is 41.0 Å². The highest BCUT2D eigenvalue weighted by Gasteiger charge is 2.40. The van der Waals surface area contributed by atoms with Crippen LogP contribution in [0.15, 0.2) is 0 Å². The van der Waals surface area contributed by atoms with Crippen molar-refractivity contribution in [2.45, 2.75) is 71.5 Å². The van der Waals surface area contributed by atoms with Crippen molar-refractivity contribution < 1.29 is 19.4 Å². The first-order chi connectivity index (χ1) is 8.79. The van der Waals surface area contributed by atoms with Gasteiger partial charge in [0.2, 0.25) is 0 Å². The molecule has 3 unspecified atom stereocenters. The molecule has 0 heterocycles. The van der Waals surface area contributed by atoms with Gasteiger partial charge in [0.25, 0.3) is 0 Å². The smallest absolute Gasteiger partial charge is 0.309 e. The van der Waals surface area contributed by atoms with Crippen molar-refractivity contribution in [3.63, 3.8) is 0 Å². The molecule has 5 nitrogen and oxygen atoms in total. The number of carboxylic acids is 1. The van der Waals surface area contributed by atoms with Crippen LogP contribution in [0.25, 0.3) is 0 Å². The Morgan fingerprint density at radius 3 is 2.05 bits per heavy atom. The zero-order chi connectivity index (χ0) is 16.3. The third-order valence-electron chi connectivity index (χ3n) is 4.32. The standard InChI is InChI=1S/C14H31NO4Si/c1-9(8-11(10(2)16)13(17)18)12(15)19-20(6,7)14(3,4)5/h9-12,16H,8,15H2,1-7H3,(H,17,18)/t9?,10-,11?,12?/m1/s1. The van der Waals surface area contributed by atoms with Crippen molar-refractivity contribution in [2.75, 3.05) is 0 Å². The number of rotatable bonds is 7. The van der Waals surface area contributed by atoms with Gasteiger partial charge in [-0.25, -0.2) is 0 Å². The lowest BCUT2D eigenvalue weighted by Crippen LogP contribution is -2.49. The molecule has 6 heteroatoms. The molecule has 0 aromatic carbocycles. The molecule has 0 amide bonds. The van der Waals surface area contributed by atoms with Crippen LogP contribution < -0.4 is 5.73 Å². The van der Waals surface area contributed by atoms with Crippen molar-refractivity contribution in [1.29, 1.82) is 0 Å². The lowest BCUT2D eigenvalue weighted by atomic mass is 9.91. The van der Waals surface area contributed by atoms with Gasteiger partial charge in [-0.2, -0.15) is 0 Å². The van der Waals surface area contributed by atoms with Crippen LogP contribution in [-0.4, -0.2) is 36.8 Å².